The minimum atomic E-state index is -0.504. The van der Waals surface area contributed by atoms with E-state index in [2.05, 4.69) is 0 Å². The quantitative estimate of drug-likeness (QED) is 0.744. The molecule has 88 valence electrons. The molecule has 0 aliphatic heterocycles. The summed E-state index contributed by atoms with van der Waals surface area (Å²) in [5, 5.41) is 0. The second-order valence-electron chi connectivity index (χ2n) is 4.18. The minimum absolute atomic E-state index is 0.245. The number of benzene rings is 2. The monoisotopic (exact) mass is 233 g/mol. The van der Waals surface area contributed by atoms with Gasteiger partial charge in [-0.15, -0.1) is 0 Å². The van der Waals surface area contributed by atoms with Crippen molar-refractivity contribution in [3.05, 3.63) is 53.1 Å². The van der Waals surface area contributed by atoms with Gasteiger partial charge in [0.05, 0.1) is 0 Å². The van der Waals surface area contributed by atoms with Crippen LogP contribution in [0.4, 0.5) is 14.5 Å². The van der Waals surface area contributed by atoms with Gasteiger partial charge in [-0.3, -0.25) is 0 Å². The van der Waals surface area contributed by atoms with E-state index in [0.29, 0.717) is 16.8 Å². The number of hydrogen-bond donors (Lipinski definition) is 1. The Balaban J connectivity index is 2.68. The smallest absolute Gasteiger partial charge is 0.133 e. The zero-order valence-electron chi connectivity index (χ0n) is 9.72. The lowest BCUT2D eigenvalue weighted by Gasteiger charge is -2.10. The predicted octanol–water partition coefficient (Wildman–Crippen LogP) is 3.83. The lowest BCUT2D eigenvalue weighted by atomic mass is 9.97. The Hall–Kier alpha value is -1.90. The van der Waals surface area contributed by atoms with Crippen molar-refractivity contribution in [2.24, 2.45) is 0 Å². The summed E-state index contributed by atoms with van der Waals surface area (Å²) in [7, 11) is 0. The summed E-state index contributed by atoms with van der Waals surface area (Å²) in [5.74, 6) is -0.915. The lowest BCUT2D eigenvalue weighted by Crippen LogP contribution is -1.95. The average molecular weight is 233 g/mol. The fourth-order valence-electron chi connectivity index (χ4n) is 1.99. The maximum absolute atomic E-state index is 13.9. The number of halogens is 2. The molecule has 0 aromatic heterocycles. The van der Waals surface area contributed by atoms with Gasteiger partial charge in [-0.1, -0.05) is 6.07 Å². The van der Waals surface area contributed by atoms with Gasteiger partial charge in [0, 0.05) is 16.8 Å². The van der Waals surface area contributed by atoms with Crippen LogP contribution in [0.15, 0.2) is 30.3 Å². The third kappa shape index (κ3) is 2.13. The average Bonchev–Trinajstić information content (AvgIpc) is 2.19. The molecule has 0 unspecified atom stereocenters. The third-order valence-electron chi connectivity index (χ3n) is 2.69. The fourth-order valence-corrected chi connectivity index (χ4v) is 1.99. The summed E-state index contributed by atoms with van der Waals surface area (Å²) >= 11 is 0. The van der Waals surface area contributed by atoms with Crippen molar-refractivity contribution >= 4 is 5.69 Å². The van der Waals surface area contributed by atoms with Gasteiger partial charge in [0.15, 0.2) is 0 Å². The molecule has 0 saturated heterocycles. The first-order valence-corrected chi connectivity index (χ1v) is 5.31. The van der Waals surface area contributed by atoms with Crippen LogP contribution >= 0.6 is 0 Å². The van der Waals surface area contributed by atoms with Crippen molar-refractivity contribution in [3.63, 3.8) is 0 Å². The Morgan fingerprint density at radius 3 is 2.24 bits per heavy atom. The third-order valence-corrected chi connectivity index (χ3v) is 2.69. The Labute approximate surface area is 98.9 Å². The first-order chi connectivity index (χ1) is 7.99. The van der Waals surface area contributed by atoms with Crippen molar-refractivity contribution < 1.29 is 8.78 Å². The normalized spacial score (nSPS) is 10.6. The summed E-state index contributed by atoms with van der Waals surface area (Å²) in [5.41, 5.74) is 7.88. The maximum atomic E-state index is 13.9. The molecule has 1 nitrogen and oxygen atoms in total. The highest BCUT2D eigenvalue weighted by Gasteiger charge is 2.13. The molecular weight excluding hydrogens is 220 g/mol. The second-order valence-corrected chi connectivity index (χ2v) is 4.18. The molecule has 0 spiro atoms. The van der Waals surface area contributed by atoms with Crippen LogP contribution in [0.2, 0.25) is 0 Å². The Kier molecular flexibility index (Phi) is 2.84. The summed E-state index contributed by atoms with van der Waals surface area (Å²) in [4.78, 5) is 0. The van der Waals surface area contributed by atoms with Gasteiger partial charge in [-0.05, 0) is 49.2 Å². The molecule has 2 N–H and O–H groups in total. The molecule has 3 heteroatoms. The van der Waals surface area contributed by atoms with E-state index < -0.39 is 11.6 Å². The van der Waals surface area contributed by atoms with Crippen LogP contribution in [0.3, 0.4) is 0 Å². The van der Waals surface area contributed by atoms with E-state index in [1.165, 1.54) is 18.2 Å². The van der Waals surface area contributed by atoms with Crippen molar-refractivity contribution in [2.45, 2.75) is 13.8 Å². The Bertz CT molecular complexity index is 553. The lowest BCUT2D eigenvalue weighted by molar-refractivity contribution is 0.615. The van der Waals surface area contributed by atoms with Crippen molar-refractivity contribution in [1.82, 2.24) is 0 Å². The first kappa shape index (κ1) is 11.6. The van der Waals surface area contributed by atoms with Crippen molar-refractivity contribution in [2.75, 3.05) is 5.73 Å². The van der Waals surface area contributed by atoms with E-state index in [4.69, 9.17) is 5.73 Å². The van der Waals surface area contributed by atoms with Gasteiger partial charge >= 0.3 is 0 Å². The predicted molar refractivity (Wildman–Crippen MR) is 65.7 cm³/mol. The molecule has 0 fully saturated rings. The zero-order chi connectivity index (χ0) is 12.6. The Morgan fingerprint density at radius 2 is 1.65 bits per heavy atom. The minimum Gasteiger partial charge on any atom is -0.399 e. The van der Waals surface area contributed by atoms with Gasteiger partial charge < -0.3 is 5.73 Å². The number of aryl methyl sites for hydroxylation is 2. The van der Waals surface area contributed by atoms with Crippen LogP contribution in [-0.4, -0.2) is 0 Å². The highest BCUT2D eigenvalue weighted by molar-refractivity contribution is 5.70. The van der Waals surface area contributed by atoms with Gasteiger partial charge in [0.25, 0.3) is 0 Å². The summed E-state index contributed by atoms with van der Waals surface area (Å²) < 4.78 is 27.6. The van der Waals surface area contributed by atoms with Crippen molar-refractivity contribution in [3.8, 4) is 11.1 Å². The molecule has 2 rings (SSSR count). The second kappa shape index (κ2) is 4.17. The van der Waals surface area contributed by atoms with E-state index in [1.807, 2.05) is 6.07 Å². The van der Waals surface area contributed by atoms with Gasteiger partial charge in [-0.25, -0.2) is 8.78 Å². The fraction of sp³-hybridized carbons (Fsp3) is 0.143. The topological polar surface area (TPSA) is 26.0 Å². The molecule has 0 aliphatic carbocycles. The van der Waals surface area contributed by atoms with Gasteiger partial charge in [-0.2, -0.15) is 0 Å². The molecule has 0 saturated carbocycles. The van der Waals surface area contributed by atoms with Gasteiger partial charge in [0.2, 0.25) is 0 Å². The first-order valence-electron chi connectivity index (χ1n) is 5.31. The number of rotatable bonds is 1. The number of hydrogen-bond acceptors (Lipinski definition) is 1. The summed E-state index contributed by atoms with van der Waals surface area (Å²) in [6.07, 6.45) is 0. The van der Waals surface area contributed by atoms with E-state index in [1.54, 1.807) is 19.9 Å². The largest absolute Gasteiger partial charge is 0.399 e. The van der Waals surface area contributed by atoms with E-state index in [0.717, 1.165) is 5.56 Å². The van der Waals surface area contributed by atoms with Crippen LogP contribution in [0.5, 0.6) is 0 Å². The number of nitrogen functional groups attached to an aromatic ring is 1. The molecule has 17 heavy (non-hydrogen) atoms. The number of nitrogens with two attached hydrogens (primary N) is 1. The van der Waals surface area contributed by atoms with Crippen LogP contribution < -0.4 is 5.73 Å². The molecule has 0 amide bonds. The highest BCUT2D eigenvalue weighted by atomic mass is 19.1. The molecule has 0 atom stereocenters. The molecule has 0 bridgehead atoms. The molecular formula is C14H13F2N. The van der Waals surface area contributed by atoms with E-state index >= 15 is 0 Å². The summed E-state index contributed by atoms with van der Waals surface area (Å²) in [6.45, 7) is 3.57. The SMILES string of the molecule is Cc1cc(C)c(-c2ccc(N)cc2F)c(F)c1. The van der Waals surface area contributed by atoms with Crippen LogP contribution in [-0.2, 0) is 0 Å². The molecule has 0 heterocycles. The van der Waals surface area contributed by atoms with Crippen LogP contribution in [0.25, 0.3) is 11.1 Å². The summed E-state index contributed by atoms with van der Waals surface area (Å²) in [6, 6.07) is 7.50. The standard InChI is InChI=1S/C14H13F2N/c1-8-5-9(2)14(13(16)6-8)11-4-3-10(17)7-12(11)15/h3-7H,17H2,1-2H3. The highest BCUT2D eigenvalue weighted by Crippen LogP contribution is 2.30. The number of anilines is 1. The van der Waals surface area contributed by atoms with Crippen molar-refractivity contribution in [1.29, 1.82) is 0 Å². The van der Waals surface area contributed by atoms with Crippen LogP contribution in [0.1, 0.15) is 11.1 Å². The van der Waals surface area contributed by atoms with E-state index in [-0.39, 0.29) is 5.56 Å². The van der Waals surface area contributed by atoms with Gasteiger partial charge in [0.1, 0.15) is 11.6 Å². The maximum Gasteiger partial charge on any atom is 0.133 e. The van der Waals surface area contributed by atoms with Crippen LogP contribution in [0, 0.1) is 25.5 Å². The Morgan fingerprint density at radius 1 is 0.941 bits per heavy atom. The zero-order valence-corrected chi connectivity index (χ0v) is 9.72. The molecule has 2 aromatic carbocycles. The molecule has 0 aliphatic rings. The molecule has 0 radical (unpaired) electrons. The molecule has 2 aromatic rings. The van der Waals surface area contributed by atoms with E-state index in [9.17, 15) is 8.78 Å².